The molecular weight excluding hydrogens is 328 g/mol. The third-order valence-electron chi connectivity index (χ3n) is 2.96. The molecule has 0 saturated heterocycles. The van der Waals surface area contributed by atoms with E-state index in [1.165, 1.54) is 6.07 Å². The van der Waals surface area contributed by atoms with E-state index in [1.807, 2.05) is 0 Å². The molecule has 3 rings (SSSR count). The molecule has 1 saturated carbocycles. The van der Waals surface area contributed by atoms with Gasteiger partial charge in [0.05, 0.1) is 4.47 Å². The molecule has 0 amide bonds. The second kappa shape index (κ2) is 5.24. The van der Waals surface area contributed by atoms with Crippen molar-refractivity contribution in [3.8, 4) is 5.75 Å². The maximum Gasteiger partial charge on any atom is 0.339 e. The summed E-state index contributed by atoms with van der Waals surface area (Å²) in [6.07, 6.45) is 2.18. The number of nitrogens with zero attached hydrogens (tertiary/aromatic N) is 2. The van der Waals surface area contributed by atoms with Gasteiger partial charge in [-0.25, -0.2) is 4.79 Å². The maximum absolute atomic E-state index is 11.1. The molecule has 0 unspecified atom stereocenters. The number of aromatic carboxylic acids is 1. The van der Waals surface area contributed by atoms with Gasteiger partial charge in [0.2, 0.25) is 0 Å². The molecular formula is C13H11BrN2O4. The van der Waals surface area contributed by atoms with Crippen LogP contribution in [0, 0.1) is 0 Å². The van der Waals surface area contributed by atoms with E-state index in [0.717, 1.165) is 12.8 Å². The van der Waals surface area contributed by atoms with Gasteiger partial charge < -0.3 is 14.4 Å². The summed E-state index contributed by atoms with van der Waals surface area (Å²) in [5.41, 5.74) is 0.0845. The number of carboxylic acids is 1. The van der Waals surface area contributed by atoms with Crippen molar-refractivity contribution in [3.63, 3.8) is 0 Å². The first-order valence-electron chi connectivity index (χ1n) is 6.12. The summed E-state index contributed by atoms with van der Waals surface area (Å²) in [6.45, 7) is 0.0443. The van der Waals surface area contributed by atoms with Gasteiger partial charge in [0, 0.05) is 5.92 Å². The molecule has 7 heteroatoms. The van der Waals surface area contributed by atoms with Crippen LogP contribution in [-0.2, 0) is 6.61 Å². The van der Waals surface area contributed by atoms with Crippen LogP contribution in [0.25, 0.3) is 0 Å². The Balaban J connectivity index is 1.75. The number of benzene rings is 1. The van der Waals surface area contributed by atoms with Crippen molar-refractivity contribution in [3.05, 3.63) is 40.0 Å². The maximum atomic E-state index is 11.1. The number of para-hydroxylation sites is 1. The molecule has 1 N–H and O–H groups in total. The van der Waals surface area contributed by atoms with E-state index in [0.29, 0.717) is 22.1 Å². The molecule has 1 aliphatic carbocycles. The van der Waals surface area contributed by atoms with Gasteiger partial charge in [0.15, 0.2) is 12.4 Å². The molecule has 104 valence electrons. The average Bonchev–Trinajstić information content (AvgIpc) is 3.16. The molecule has 2 aromatic rings. The van der Waals surface area contributed by atoms with Crippen molar-refractivity contribution < 1.29 is 19.2 Å². The van der Waals surface area contributed by atoms with Crippen LogP contribution in [0.5, 0.6) is 5.75 Å². The number of halogens is 1. The van der Waals surface area contributed by atoms with Crippen molar-refractivity contribution in [2.24, 2.45) is 0 Å². The zero-order valence-corrected chi connectivity index (χ0v) is 12.0. The van der Waals surface area contributed by atoms with E-state index in [1.54, 1.807) is 12.1 Å². The third kappa shape index (κ3) is 2.67. The standard InChI is InChI=1S/C13H11BrN2O4/c14-9-3-1-2-8(13(17)18)11(9)19-6-10-15-12(16-20-10)7-4-5-7/h1-3,7H,4-6H2,(H,17,18). The minimum absolute atomic E-state index is 0.0443. The number of carboxylic acid groups (broad SMARTS) is 1. The van der Waals surface area contributed by atoms with Gasteiger partial charge >= 0.3 is 5.97 Å². The highest BCUT2D eigenvalue weighted by atomic mass is 79.9. The van der Waals surface area contributed by atoms with Crippen molar-refractivity contribution in [1.29, 1.82) is 0 Å². The van der Waals surface area contributed by atoms with Crippen LogP contribution in [0.3, 0.4) is 0 Å². The van der Waals surface area contributed by atoms with Crippen LogP contribution in [0.4, 0.5) is 0 Å². The monoisotopic (exact) mass is 338 g/mol. The number of ether oxygens (including phenoxy) is 1. The molecule has 1 fully saturated rings. The molecule has 1 aliphatic rings. The lowest BCUT2D eigenvalue weighted by Crippen LogP contribution is -2.04. The summed E-state index contributed by atoms with van der Waals surface area (Å²) in [4.78, 5) is 15.4. The predicted octanol–water partition coefficient (Wildman–Crippen LogP) is 2.99. The molecule has 0 bridgehead atoms. The number of hydrogen-bond acceptors (Lipinski definition) is 5. The largest absolute Gasteiger partial charge is 0.482 e. The fourth-order valence-electron chi connectivity index (χ4n) is 1.79. The lowest BCUT2D eigenvalue weighted by Gasteiger charge is -2.08. The smallest absolute Gasteiger partial charge is 0.339 e. The second-order valence-electron chi connectivity index (χ2n) is 4.53. The van der Waals surface area contributed by atoms with Crippen LogP contribution < -0.4 is 4.74 Å². The Morgan fingerprint density at radius 2 is 2.30 bits per heavy atom. The molecule has 6 nitrogen and oxygen atoms in total. The first-order chi connectivity index (χ1) is 9.65. The van der Waals surface area contributed by atoms with Gasteiger partial charge in [-0.05, 0) is 40.9 Å². The van der Waals surface area contributed by atoms with E-state index in [-0.39, 0.29) is 17.9 Å². The summed E-state index contributed by atoms with van der Waals surface area (Å²) >= 11 is 3.27. The van der Waals surface area contributed by atoms with Crippen molar-refractivity contribution in [1.82, 2.24) is 10.1 Å². The van der Waals surface area contributed by atoms with Crippen molar-refractivity contribution >= 4 is 21.9 Å². The SMILES string of the molecule is O=C(O)c1cccc(Br)c1OCc1nc(C2CC2)no1. The fourth-order valence-corrected chi connectivity index (χ4v) is 2.27. The van der Waals surface area contributed by atoms with E-state index >= 15 is 0 Å². The molecule has 20 heavy (non-hydrogen) atoms. The van der Waals surface area contributed by atoms with Crippen LogP contribution in [-0.4, -0.2) is 21.2 Å². The van der Waals surface area contributed by atoms with E-state index in [2.05, 4.69) is 26.1 Å². The van der Waals surface area contributed by atoms with Gasteiger partial charge in [-0.15, -0.1) is 0 Å². The second-order valence-corrected chi connectivity index (χ2v) is 5.39. The number of rotatable bonds is 5. The molecule has 0 spiro atoms. The predicted molar refractivity (Wildman–Crippen MR) is 71.7 cm³/mol. The highest BCUT2D eigenvalue weighted by Gasteiger charge is 2.28. The van der Waals surface area contributed by atoms with Gasteiger partial charge in [0.25, 0.3) is 5.89 Å². The van der Waals surface area contributed by atoms with Crippen LogP contribution >= 0.6 is 15.9 Å². The zero-order valence-electron chi connectivity index (χ0n) is 10.4. The Bertz CT molecular complexity index is 652. The molecule has 0 radical (unpaired) electrons. The summed E-state index contributed by atoms with van der Waals surface area (Å²) in [7, 11) is 0. The summed E-state index contributed by atoms with van der Waals surface area (Å²) in [6, 6.07) is 4.83. The lowest BCUT2D eigenvalue weighted by atomic mass is 10.2. The van der Waals surface area contributed by atoms with Crippen molar-refractivity contribution in [2.45, 2.75) is 25.4 Å². The zero-order chi connectivity index (χ0) is 14.1. The number of aromatic nitrogens is 2. The van der Waals surface area contributed by atoms with E-state index in [9.17, 15) is 4.79 Å². The molecule has 0 atom stereocenters. The third-order valence-corrected chi connectivity index (χ3v) is 3.59. The minimum atomic E-state index is -1.05. The van der Waals surface area contributed by atoms with E-state index in [4.69, 9.17) is 14.4 Å². The van der Waals surface area contributed by atoms with Gasteiger partial charge in [-0.1, -0.05) is 11.2 Å². The summed E-state index contributed by atoms with van der Waals surface area (Å²) < 4.78 is 11.2. The molecule has 0 aliphatic heterocycles. The Kier molecular flexibility index (Phi) is 3.43. The summed E-state index contributed by atoms with van der Waals surface area (Å²) in [5.74, 6) is 0.662. The van der Waals surface area contributed by atoms with Gasteiger partial charge in [0.1, 0.15) is 11.3 Å². The normalized spacial score (nSPS) is 14.2. The van der Waals surface area contributed by atoms with Gasteiger partial charge in [-0.3, -0.25) is 0 Å². The Morgan fingerprint density at radius 3 is 3.00 bits per heavy atom. The topological polar surface area (TPSA) is 85.5 Å². The highest BCUT2D eigenvalue weighted by Crippen LogP contribution is 2.38. The van der Waals surface area contributed by atoms with Crippen LogP contribution in [0.1, 0.15) is 40.8 Å². The van der Waals surface area contributed by atoms with Crippen LogP contribution in [0.15, 0.2) is 27.2 Å². The first-order valence-corrected chi connectivity index (χ1v) is 6.91. The highest BCUT2D eigenvalue weighted by molar-refractivity contribution is 9.10. The Morgan fingerprint density at radius 1 is 1.50 bits per heavy atom. The quantitative estimate of drug-likeness (QED) is 0.901. The van der Waals surface area contributed by atoms with Gasteiger partial charge in [-0.2, -0.15) is 4.98 Å². The molecule has 1 heterocycles. The average molecular weight is 339 g/mol. The fraction of sp³-hybridized carbons (Fsp3) is 0.308. The molecule has 1 aromatic heterocycles. The number of carbonyl (C=O) groups is 1. The van der Waals surface area contributed by atoms with Crippen molar-refractivity contribution in [2.75, 3.05) is 0 Å². The summed E-state index contributed by atoms with van der Waals surface area (Å²) in [5, 5.41) is 13.0. The molecule has 1 aromatic carbocycles. The Labute approximate surface area is 122 Å². The first kappa shape index (κ1) is 13.1. The Hall–Kier alpha value is -1.89. The number of hydrogen-bond donors (Lipinski definition) is 1. The minimum Gasteiger partial charge on any atom is -0.482 e. The van der Waals surface area contributed by atoms with Crippen LogP contribution in [0.2, 0.25) is 0 Å². The van der Waals surface area contributed by atoms with E-state index < -0.39 is 5.97 Å². The lowest BCUT2D eigenvalue weighted by molar-refractivity contribution is 0.0690.